The van der Waals surface area contributed by atoms with E-state index in [0.29, 0.717) is 6.54 Å². The topological polar surface area (TPSA) is 50.4 Å². The number of allylic oxidation sites excluding steroid dienone is 1. The third-order valence-electron chi connectivity index (χ3n) is 3.04. The summed E-state index contributed by atoms with van der Waals surface area (Å²) in [6.07, 6.45) is 6.57. The Morgan fingerprint density at radius 3 is 2.95 bits per heavy atom. The van der Waals surface area contributed by atoms with Crippen molar-refractivity contribution in [3.8, 4) is 0 Å². The molecule has 5 heteroatoms. The maximum absolute atomic E-state index is 13.3. The highest BCUT2D eigenvalue weighted by Crippen LogP contribution is 2.20. The Balaban J connectivity index is 1.88. The molecule has 0 heterocycles. The largest absolute Gasteiger partial charge is 0.370 e. The van der Waals surface area contributed by atoms with Gasteiger partial charge in [0.15, 0.2) is 5.96 Å². The van der Waals surface area contributed by atoms with Crippen LogP contribution in [0.2, 0.25) is 0 Å². The lowest BCUT2D eigenvalue weighted by atomic mass is 10.2. The zero-order valence-electron chi connectivity index (χ0n) is 10.6. The first-order valence-corrected chi connectivity index (χ1v) is 6.35. The molecule has 0 fully saturated rings. The van der Waals surface area contributed by atoms with Crippen molar-refractivity contribution < 1.29 is 8.78 Å². The molecule has 0 saturated heterocycles. The smallest absolute Gasteiger partial charge is 0.193 e. The van der Waals surface area contributed by atoms with Gasteiger partial charge >= 0.3 is 0 Å². The molecule has 0 unspecified atom stereocenters. The number of hydrogen-bond acceptors (Lipinski definition) is 1. The minimum absolute atomic E-state index is 0.00123. The fourth-order valence-electron chi connectivity index (χ4n) is 2.06. The molecule has 3 nitrogen and oxygen atoms in total. The third kappa shape index (κ3) is 4.05. The van der Waals surface area contributed by atoms with E-state index in [2.05, 4.69) is 16.4 Å². The Kier molecular flexibility index (Phi) is 4.49. The summed E-state index contributed by atoms with van der Waals surface area (Å²) in [7, 11) is 0. The summed E-state index contributed by atoms with van der Waals surface area (Å²) in [4.78, 5) is 4.11. The van der Waals surface area contributed by atoms with Gasteiger partial charge < -0.3 is 11.1 Å². The van der Waals surface area contributed by atoms with Crippen molar-refractivity contribution >= 4 is 11.6 Å². The van der Waals surface area contributed by atoms with E-state index in [1.807, 2.05) is 0 Å². The highest BCUT2D eigenvalue weighted by Gasteiger charge is 2.06. The van der Waals surface area contributed by atoms with Crippen LogP contribution in [-0.4, -0.2) is 12.5 Å². The molecule has 0 aromatic heterocycles. The van der Waals surface area contributed by atoms with Crippen molar-refractivity contribution in [3.63, 3.8) is 0 Å². The molecule has 19 heavy (non-hydrogen) atoms. The molecule has 1 aromatic carbocycles. The van der Waals surface area contributed by atoms with Gasteiger partial charge in [-0.15, -0.1) is 0 Å². The summed E-state index contributed by atoms with van der Waals surface area (Å²) in [5.74, 6) is -0.978. The molecule has 2 rings (SSSR count). The minimum Gasteiger partial charge on any atom is -0.370 e. The molecule has 1 aromatic rings. The maximum Gasteiger partial charge on any atom is 0.193 e. The van der Waals surface area contributed by atoms with Gasteiger partial charge in [-0.3, -0.25) is 4.99 Å². The summed E-state index contributed by atoms with van der Waals surface area (Å²) in [6.45, 7) is 0.557. The van der Waals surface area contributed by atoms with E-state index in [1.54, 1.807) is 0 Å². The van der Waals surface area contributed by atoms with Crippen molar-refractivity contribution in [1.29, 1.82) is 0 Å². The van der Waals surface area contributed by atoms with E-state index in [1.165, 1.54) is 12.0 Å². The SMILES string of the molecule is NC(=NCCC1=CCCC1)Nc1cc(F)ccc1F. The van der Waals surface area contributed by atoms with Crippen molar-refractivity contribution in [2.75, 3.05) is 11.9 Å². The number of aliphatic imine (C=N–C) groups is 1. The number of anilines is 1. The summed E-state index contributed by atoms with van der Waals surface area (Å²) in [5.41, 5.74) is 7.04. The number of benzene rings is 1. The Hall–Kier alpha value is -1.91. The van der Waals surface area contributed by atoms with E-state index < -0.39 is 11.6 Å². The molecule has 0 atom stereocenters. The Morgan fingerprint density at radius 2 is 2.21 bits per heavy atom. The second-order valence-corrected chi connectivity index (χ2v) is 4.52. The van der Waals surface area contributed by atoms with Gasteiger partial charge in [0.2, 0.25) is 0 Å². The highest BCUT2D eigenvalue weighted by atomic mass is 19.1. The molecule has 0 amide bonds. The van der Waals surface area contributed by atoms with Crippen LogP contribution in [0.4, 0.5) is 14.5 Å². The quantitative estimate of drug-likeness (QED) is 0.499. The van der Waals surface area contributed by atoms with Gasteiger partial charge in [0.25, 0.3) is 0 Å². The normalized spacial score (nSPS) is 15.5. The molecule has 0 aliphatic heterocycles. The van der Waals surface area contributed by atoms with Gasteiger partial charge in [0.1, 0.15) is 11.6 Å². The molecule has 0 bridgehead atoms. The lowest BCUT2D eigenvalue weighted by molar-refractivity contribution is 0.604. The Morgan fingerprint density at radius 1 is 1.37 bits per heavy atom. The Bertz CT molecular complexity index is 509. The van der Waals surface area contributed by atoms with Crippen LogP contribution in [0, 0.1) is 11.6 Å². The summed E-state index contributed by atoms with van der Waals surface area (Å²) >= 11 is 0. The van der Waals surface area contributed by atoms with Crippen LogP contribution >= 0.6 is 0 Å². The molecular formula is C14H17F2N3. The number of nitrogens with zero attached hydrogens (tertiary/aromatic N) is 1. The predicted molar refractivity (Wildman–Crippen MR) is 73.0 cm³/mol. The number of nitrogens with one attached hydrogen (secondary N) is 1. The standard InChI is InChI=1S/C14H17F2N3/c15-11-5-6-12(16)13(9-11)19-14(17)18-8-7-10-3-1-2-4-10/h3,5-6,9H,1-2,4,7-8H2,(H3,17,18,19). The first-order chi connectivity index (χ1) is 9.15. The van der Waals surface area contributed by atoms with Crippen LogP contribution in [-0.2, 0) is 0 Å². The minimum atomic E-state index is -0.557. The van der Waals surface area contributed by atoms with Crippen molar-refractivity contribution in [2.45, 2.75) is 25.7 Å². The molecular weight excluding hydrogens is 248 g/mol. The average molecular weight is 265 g/mol. The van der Waals surface area contributed by atoms with Crippen molar-refractivity contribution in [3.05, 3.63) is 41.5 Å². The first-order valence-electron chi connectivity index (χ1n) is 6.35. The number of rotatable bonds is 4. The molecule has 102 valence electrons. The van der Waals surface area contributed by atoms with E-state index >= 15 is 0 Å². The van der Waals surface area contributed by atoms with Crippen LogP contribution < -0.4 is 11.1 Å². The van der Waals surface area contributed by atoms with Gasteiger partial charge in [0.05, 0.1) is 5.69 Å². The first kappa shape index (κ1) is 13.5. The van der Waals surface area contributed by atoms with E-state index in [-0.39, 0.29) is 11.6 Å². The number of guanidine groups is 1. The van der Waals surface area contributed by atoms with Gasteiger partial charge in [-0.05, 0) is 37.8 Å². The van der Waals surface area contributed by atoms with Crippen LogP contribution in [0.15, 0.2) is 34.8 Å². The zero-order valence-corrected chi connectivity index (χ0v) is 10.6. The number of halogens is 2. The van der Waals surface area contributed by atoms with Crippen LogP contribution in [0.5, 0.6) is 0 Å². The highest BCUT2D eigenvalue weighted by molar-refractivity contribution is 5.92. The predicted octanol–water partition coefficient (Wildman–Crippen LogP) is 3.19. The molecule has 3 N–H and O–H groups in total. The summed E-state index contributed by atoms with van der Waals surface area (Å²) in [5, 5.41) is 2.57. The maximum atomic E-state index is 13.3. The van der Waals surface area contributed by atoms with Gasteiger partial charge in [0, 0.05) is 12.6 Å². The van der Waals surface area contributed by atoms with Crippen LogP contribution in [0.3, 0.4) is 0 Å². The van der Waals surface area contributed by atoms with Crippen molar-refractivity contribution in [2.24, 2.45) is 10.7 Å². The fourth-order valence-corrected chi connectivity index (χ4v) is 2.06. The molecule has 1 aliphatic rings. The lowest BCUT2D eigenvalue weighted by Crippen LogP contribution is -2.23. The van der Waals surface area contributed by atoms with Gasteiger partial charge in [-0.2, -0.15) is 0 Å². The molecule has 0 saturated carbocycles. The number of hydrogen-bond donors (Lipinski definition) is 2. The van der Waals surface area contributed by atoms with Crippen LogP contribution in [0.25, 0.3) is 0 Å². The summed E-state index contributed by atoms with van der Waals surface area (Å²) in [6, 6.07) is 3.16. The lowest BCUT2D eigenvalue weighted by Gasteiger charge is -2.07. The van der Waals surface area contributed by atoms with E-state index in [9.17, 15) is 8.78 Å². The van der Waals surface area contributed by atoms with Gasteiger partial charge in [-0.1, -0.05) is 11.6 Å². The van der Waals surface area contributed by atoms with Crippen LogP contribution in [0.1, 0.15) is 25.7 Å². The fraction of sp³-hybridized carbons (Fsp3) is 0.357. The third-order valence-corrected chi connectivity index (χ3v) is 3.04. The summed E-state index contributed by atoms with van der Waals surface area (Å²) < 4.78 is 26.3. The average Bonchev–Trinajstić information content (AvgIpc) is 2.87. The van der Waals surface area contributed by atoms with E-state index in [0.717, 1.165) is 37.5 Å². The molecule has 0 radical (unpaired) electrons. The second kappa shape index (κ2) is 6.31. The molecule has 0 spiro atoms. The monoisotopic (exact) mass is 265 g/mol. The van der Waals surface area contributed by atoms with Crippen molar-refractivity contribution in [1.82, 2.24) is 0 Å². The Labute approximate surface area is 111 Å². The second-order valence-electron chi connectivity index (χ2n) is 4.52. The van der Waals surface area contributed by atoms with E-state index in [4.69, 9.17) is 5.73 Å². The number of nitrogens with two attached hydrogens (primary N) is 1. The van der Waals surface area contributed by atoms with Gasteiger partial charge in [-0.25, -0.2) is 8.78 Å². The zero-order chi connectivity index (χ0) is 13.7. The molecule has 1 aliphatic carbocycles.